The molecule has 0 saturated heterocycles. The molecule has 0 aliphatic rings. The summed E-state index contributed by atoms with van der Waals surface area (Å²) in [6.45, 7) is 0.866. The molecule has 3 heteroatoms. The van der Waals surface area contributed by atoms with Gasteiger partial charge in [0.1, 0.15) is 0 Å². The summed E-state index contributed by atoms with van der Waals surface area (Å²) >= 11 is 0. The van der Waals surface area contributed by atoms with Crippen molar-refractivity contribution in [2.45, 2.75) is 12.8 Å². The molecule has 2 N–H and O–H groups in total. The highest BCUT2D eigenvalue weighted by atomic mass is 14.9. The zero-order chi connectivity index (χ0) is 7.94. The Bertz CT molecular complexity index is 220. The molecule has 0 fully saturated rings. The van der Waals surface area contributed by atoms with Gasteiger partial charge in [-0.3, -0.25) is 0 Å². The Morgan fingerprint density at radius 1 is 1.64 bits per heavy atom. The fraction of sp³-hybridized carbons (Fsp3) is 0.375. The molecule has 0 amide bonds. The molecular formula is C8H11N3. The van der Waals surface area contributed by atoms with Crippen molar-refractivity contribution in [1.29, 1.82) is 5.26 Å². The van der Waals surface area contributed by atoms with Crippen LogP contribution >= 0.6 is 0 Å². The van der Waals surface area contributed by atoms with Crippen LogP contribution in [0, 0.1) is 11.3 Å². The number of nitriles is 1. The van der Waals surface area contributed by atoms with Crippen LogP contribution in [0.3, 0.4) is 0 Å². The van der Waals surface area contributed by atoms with Gasteiger partial charge in [0.2, 0.25) is 0 Å². The summed E-state index contributed by atoms with van der Waals surface area (Å²) in [6.07, 6.45) is 5.29. The smallest absolute Gasteiger partial charge is 0.0622 e. The first kappa shape index (κ1) is 7.67. The van der Waals surface area contributed by atoms with Crippen LogP contribution in [0.15, 0.2) is 18.5 Å². The van der Waals surface area contributed by atoms with Crippen molar-refractivity contribution in [2.24, 2.45) is 0 Å². The number of unbranched alkanes of at least 4 members (excludes halogenated alkanes) is 1. The topological polar surface area (TPSA) is 51.6 Å². The second-order valence-corrected chi connectivity index (χ2v) is 2.29. The van der Waals surface area contributed by atoms with E-state index in [9.17, 15) is 0 Å². The van der Waals surface area contributed by atoms with Gasteiger partial charge in [0.15, 0.2) is 0 Å². The first-order chi connectivity index (χ1) is 5.43. The van der Waals surface area contributed by atoms with Gasteiger partial charge in [-0.15, -0.1) is 0 Å². The van der Waals surface area contributed by atoms with Gasteiger partial charge in [0, 0.05) is 25.4 Å². The normalized spacial score (nSPS) is 9.00. The number of rotatable bonds is 4. The Balaban J connectivity index is 2.10. The highest BCUT2D eigenvalue weighted by molar-refractivity contribution is 5.39. The fourth-order valence-electron chi connectivity index (χ4n) is 0.834. The summed E-state index contributed by atoms with van der Waals surface area (Å²) in [7, 11) is 0. The number of aromatic nitrogens is 1. The molecule has 0 aromatic carbocycles. The van der Waals surface area contributed by atoms with E-state index in [1.165, 1.54) is 0 Å². The Morgan fingerprint density at radius 2 is 2.55 bits per heavy atom. The van der Waals surface area contributed by atoms with Crippen molar-refractivity contribution in [3.05, 3.63) is 18.5 Å². The number of hydrogen-bond donors (Lipinski definition) is 2. The van der Waals surface area contributed by atoms with Gasteiger partial charge >= 0.3 is 0 Å². The van der Waals surface area contributed by atoms with Gasteiger partial charge in [-0.2, -0.15) is 5.26 Å². The van der Waals surface area contributed by atoms with Crippen LogP contribution in [-0.4, -0.2) is 11.5 Å². The summed E-state index contributed by atoms with van der Waals surface area (Å²) in [5.74, 6) is 0. The highest BCUT2D eigenvalue weighted by Crippen LogP contribution is 2.03. The molecule has 1 aromatic rings. The molecule has 11 heavy (non-hydrogen) atoms. The predicted octanol–water partition coefficient (Wildman–Crippen LogP) is 1.73. The van der Waals surface area contributed by atoms with Crippen molar-refractivity contribution in [3.63, 3.8) is 0 Å². The summed E-state index contributed by atoms with van der Waals surface area (Å²) in [5.41, 5.74) is 1.09. The van der Waals surface area contributed by atoms with Crippen LogP contribution in [0.1, 0.15) is 12.8 Å². The molecule has 0 spiro atoms. The minimum Gasteiger partial charge on any atom is -0.384 e. The van der Waals surface area contributed by atoms with Crippen molar-refractivity contribution in [1.82, 2.24) is 4.98 Å². The van der Waals surface area contributed by atoms with E-state index in [4.69, 9.17) is 5.26 Å². The standard InChI is InChI=1S/C8H11N3/c9-4-1-2-5-11-8-3-6-10-7-8/h3,6-7,10-11H,1-2,5H2. The summed E-state index contributed by atoms with van der Waals surface area (Å²) < 4.78 is 0. The van der Waals surface area contributed by atoms with E-state index in [0.29, 0.717) is 6.42 Å². The Hall–Kier alpha value is -1.43. The summed E-state index contributed by atoms with van der Waals surface area (Å²) in [4.78, 5) is 2.94. The number of anilines is 1. The molecule has 0 bridgehead atoms. The van der Waals surface area contributed by atoms with E-state index < -0.39 is 0 Å². The number of nitrogens with one attached hydrogen (secondary N) is 2. The molecule has 0 radical (unpaired) electrons. The minimum absolute atomic E-state index is 0.622. The van der Waals surface area contributed by atoms with E-state index in [2.05, 4.69) is 16.4 Å². The average molecular weight is 149 g/mol. The first-order valence-electron chi connectivity index (χ1n) is 3.67. The third kappa shape index (κ3) is 2.76. The van der Waals surface area contributed by atoms with E-state index in [0.717, 1.165) is 18.7 Å². The van der Waals surface area contributed by atoms with Crippen LogP contribution < -0.4 is 5.32 Å². The van der Waals surface area contributed by atoms with Crippen molar-refractivity contribution in [3.8, 4) is 6.07 Å². The molecule has 0 aliphatic heterocycles. The van der Waals surface area contributed by atoms with E-state index in [-0.39, 0.29) is 0 Å². The summed E-state index contributed by atoms with van der Waals surface area (Å²) in [6, 6.07) is 4.06. The van der Waals surface area contributed by atoms with Crippen LogP contribution in [0.25, 0.3) is 0 Å². The van der Waals surface area contributed by atoms with Gasteiger partial charge < -0.3 is 10.3 Å². The van der Waals surface area contributed by atoms with Crippen LogP contribution in [0.2, 0.25) is 0 Å². The molecule has 3 nitrogen and oxygen atoms in total. The third-order valence-electron chi connectivity index (χ3n) is 1.39. The molecule has 58 valence electrons. The van der Waals surface area contributed by atoms with Gasteiger partial charge in [0.05, 0.1) is 11.8 Å². The monoisotopic (exact) mass is 149 g/mol. The fourth-order valence-corrected chi connectivity index (χ4v) is 0.834. The zero-order valence-electron chi connectivity index (χ0n) is 6.30. The number of hydrogen-bond acceptors (Lipinski definition) is 2. The van der Waals surface area contributed by atoms with Crippen molar-refractivity contribution in [2.75, 3.05) is 11.9 Å². The van der Waals surface area contributed by atoms with Gasteiger partial charge in [0.25, 0.3) is 0 Å². The third-order valence-corrected chi connectivity index (χ3v) is 1.39. The van der Waals surface area contributed by atoms with E-state index in [1.807, 2.05) is 18.5 Å². The Labute approximate surface area is 66.0 Å². The maximum atomic E-state index is 8.24. The maximum absolute atomic E-state index is 8.24. The van der Waals surface area contributed by atoms with Gasteiger partial charge in [-0.05, 0) is 12.5 Å². The molecule has 0 aliphatic carbocycles. The van der Waals surface area contributed by atoms with Crippen LogP contribution in [-0.2, 0) is 0 Å². The molecule has 1 rings (SSSR count). The zero-order valence-corrected chi connectivity index (χ0v) is 6.30. The van der Waals surface area contributed by atoms with Gasteiger partial charge in [-0.1, -0.05) is 0 Å². The highest BCUT2D eigenvalue weighted by Gasteiger charge is 1.88. The lowest BCUT2D eigenvalue weighted by Crippen LogP contribution is -1.99. The lowest BCUT2D eigenvalue weighted by Gasteiger charge is -1.99. The number of nitrogens with zero attached hydrogens (tertiary/aromatic N) is 1. The number of aromatic amines is 1. The molecule has 0 atom stereocenters. The lowest BCUT2D eigenvalue weighted by molar-refractivity contribution is 0.898. The molecule has 1 heterocycles. The average Bonchev–Trinajstić information content (AvgIpc) is 2.50. The van der Waals surface area contributed by atoms with Crippen LogP contribution in [0.4, 0.5) is 5.69 Å². The quantitative estimate of drug-likeness (QED) is 0.640. The van der Waals surface area contributed by atoms with E-state index >= 15 is 0 Å². The molecule has 1 aromatic heterocycles. The van der Waals surface area contributed by atoms with Crippen molar-refractivity contribution < 1.29 is 0 Å². The lowest BCUT2D eigenvalue weighted by atomic mass is 10.3. The van der Waals surface area contributed by atoms with Crippen LogP contribution in [0.5, 0.6) is 0 Å². The largest absolute Gasteiger partial charge is 0.384 e. The molecular weight excluding hydrogens is 138 g/mol. The molecule has 0 saturated carbocycles. The maximum Gasteiger partial charge on any atom is 0.0622 e. The van der Waals surface area contributed by atoms with E-state index in [1.54, 1.807) is 0 Å². The second-order valence-electron chi connectivity index (χ2n) is 2.29. The van der Waals surface area contributed by atoms with Crippen molar-refractivity contribution >= 4 is 5.69 Å². The minimum atomic E-state index is 0.622. The Kier molecular flexibility index (Phi) is 3.07. The SMILES string of the molecule is N#CCCCNc1cc[nH]c1. The second kappa shape index (κ2) is 4.40. The Morgan fingerprint density at radius 3 is 3.18 bits per heavy atom. The van der Waals surface area contributed by atoms with Gasteiger partial charge in [-0.25, -0.2) is 0 Å². The molecule has 0 unspecified atom stereocenters. The predicted molar refractivity (Wildman–Crippen MR) is 44.1 cm³/mol. The number of H-pyrrole nitrogens is 1. The summed E-state index contributed by atoms with van der Waals surface area (Å²) in [5, 5.41) is 11.4. The first-order valence-corrected chi connectivity index (χ1v) is 3.67.